The lowest BCUT2D eigenvalue weighted by Gasteiger charge is -2.38. The van der Waals surface area contributed by atoms with Crippen LogP contribution in [0, 0.1) is 0 Å². The molecule has 1 aromatic carbocycles. The van der Waals surface area contributed by atoms with Crippen molar-refractivity contribution < 1.29 is 4.74 Å². The Hall–Kier alpha value is -1.02. The molecule has 1 saturated heterocycles. The Labute approximate surface area is 129 Å². The third-order valence-electron chi connectivity index (χ3n) is 4.67. The number of hydrogen-bond donors (Lipinski definition) is 0. The first kappa shape index (κ1) is 14.9. The Balaban J connectivity index is 1.94. The molecular weight excluding hydrogens is 258 g/mol. The largest absolute Gasteiger partial charge is 0.372 e. The van der Waals surface area contributed by atoms with Gasteiger partial charge in [0, 0.05) is 18.8 Å². The van der Waals surface area contributed by atoms with Crippen LogP contribution in [0.15, 0.2) is 18.2 Å². The quantitative estimate of drug-likeness (QED) is 0.795. The van der Waals surface area contributed by atoms with E-state index in [1.165, 1.54) is 24.1 Å². The molecule has 0 unspecified atom stereocenters. The van der Waals surface area contributed by atoms with Crippen LogP contribution in [0.2, 0.25) is 0 Å². The van der Waals surface area contributed by atoms with E-state index in [1.54, 1.807) is 5.56 Å². The van der Waals surface area contributed by atoms with E-state index in [2.05, 4.69) is 57.7 Å². The second-order valence-corrected chi connectivity index (χ2v) is 7.96. The van der Waals surface area contributed by atoms with Gasteiger partial charge in [-0.25, -0.2) is 0 Å². The first-order valence-corrected chi connectivity index (χ1v) is 8.39. The van der Waals surface area contributed by atoms with Gasteiger partial charge in [0.1, 0.15) is 0 Å². The highest BCUT2D eigenvalue weighted by Gasteiger charge is 2.31. The van der Waals surface area contributed by atoms with E-state index in [4.69, 9.17) is 4.74 Å². The highest BCUT2D eigenvalue weighted by molar-refractivity contribution is 5.59. The van der Waals surface area contributed by atoms with E-state index in [1.807, 2.05) is 0 Å². The van der Waals surface area contributed by atoms with E-state index in [9.17, 15) is 0 Å². The molecule has 3 rings (SSSR count). The number of morpholine rings is 1. The van der Waals surface area contributed by atoms with Crippen LogP contribution in [0.1, 0.15) is 64.5 Å². The zero-order valence-electron chi connectivity index (χ0n) is 14.1. The smallest absolute Gasteiger partial charge is 0.0726 e. The summed E-state index contributed by atoms with van der Waals surface area (Å²) in [4.78, 5) is 2.54. The molecule has 1 aliphatic carbocycles. The van der Waals surface area contributed by atoms with Crippen LogP contribution < -0.4 is 4.90 Å². The summed E-state index contributed by atoms with van der Waals surface area (Å²) in [5, 5.41) is 0. The van der Waals surface area contributed by atoms with E-state index in [0.717, 1.165) is 19.0 Å². The van der Waals surface area contributed by atoms with Crippen LogP contribution in [0.25, 0.3) is 0 Å². The van der Waals surface area contributed by atoms with Gasteiger partial charge in [-0.15, -0.1) is 0 Å². The third kappa shape index (κ3) is 3.26. The maximum Gasteiger partial charge on any atom is 0.0726 e. The van der Waals surface area contributed by atoms with E-state index >= 15 is 0 Å². The van der Waals surface area contributed by atoms with Crippen LogP contribution in [0.5, 0.6) is 0 Å². The van der Waals surface area contributed by atoms with Gasteiger partial charge < -0.3 is 9.64 Å². The lowest BCUT2D eigenvalue weighted by molar-refractivity contribution is -0.00526. The van der Waals surface area contributed by atoms with Crippen molar-refractivity contribution in [1.82, 2.24) is 0 Å². The first-order valence-electron chi connectivity index (χ1n) is 8.39. The summed E-state index contributed by atoms with van der Waals surface area (Å²) >= 11 is 0. The number of ether oxygens (including phenoxy) is 1. The van der Waals surface area contributed by atoms with Crippen molar-refractivity contribution in [3.8, 4) is 0 Å². The number of hydrogen-bond acceptors (Lipinski definition) is 2. The van der Waals surface area contributed by atoms with Gasteiger partial charge in [0.15, 0.2) is 0 Å². The van der Waals surface area contributed by atoms with E-state index in [0.29, 0.717) is 12.2 Å². The molecule has 1 heterocycles. The lowest BCUT2D eigenvalue weighted by atomic mass is 9.85. The SMILES string of the molecule is C[C@@H]1CN(c2ccc(C(C)(C)C)cc2C2CC2)C[C@H](C)O1. The molecule has 2 atom stereocenters. The summed E-state index contributed by atoms with van der Waals surface area (Å²) in [6, 6.07) is 7.16. The van der Waals surface area contributed by atoms with Gasteiger partial charge in [-0.05, 0) is 55.2 Å². The molecule has 1 saturated carbocycles. The Morgan fingerprint density at radius 1 is 1.05 bits per heavy atom. The van der Waals surface area contributed by atoms with Crippen molar-refractivity contribution in [3.63, 3.8) is 0 Å². The number of nitrogens with zero attached hydrogens (tertiary/aromatic N) is 1. The molecule has 116 valence electrons. The highest BCUT2D eigenvalue weighted by Crippen LogP contribution is 2.46. The average Bonchev–Trinajstić information content (AvgIpc) is 3.20. The van der Waals surface area contributed by atoms with Crippen LogP contribution >= 0.6 is 0 Å². The molecule has 0 spiro atoms. The van der Waals surface area contributed by atoms with Crippen LogP contribution in [-0.2, 0) is 10.2 Å². The fraction of sp³-hybridized carbons (Fsp3) is 0.684. The normalized spacial score (nSPS) is 27.0. The maximum atomic E-state index is 5.89. The molecule has 21 heavy (non-hydrogen) atoms. The predicted molar refractivity (Wildman–Crippen MR) is 89.3 cm³/mol. The zero-order chi connectivity index (χ0) is 15.2. The van der Waals surface area contributed by atoms with Crippen molar-refractivity contribution in [2.45, 2.75) is 71.0 Å². The van der Waals surface area contributed by atoms with E-state index in [-0.39, 0.29) is 5.41 Å². The van der Waals surface area contributed by atoms with Crippen molar-refractivity contribution >= 4 is 5.69 Å². The van der Waals surface area contributed by atoms with Gasteiger partial charge >= 0.3 is 0 Å². The molecular formula is C19H29NO. The zero-order valence-corrected chi connectivity index (χ0v) is 14.1. The summed E-state index contributed by atoms with van der Waals surface area (Å²) in [5.74, 6) is 0.788. The molecule has 2 aliphatic rings. The molecule has 2 fully saturated rings. The standard InChI is InChI=1S/C19H29NO/c1-13-11-20(12-14(2)21-13)18-9-8-16(19(3,4)5)10-17(18)15-6-7-15/h8-10,13-15H,6-7,11-12H2,1-5H3/t13-,14+. The molecule has 0 N–H and O–H groups in total. The van der Waals surface area contributed by atoms with Crippen LogP contribution in [-0.4, -0.2) is 25.3 Å². The van der Waals surface area contributed by atoms with Gasteiger partial charge in [-0.3, -0.25) is 0 Å². The van der Waals surface area contributed by atoms with Gasteiger partial charge in [0.25, 0.3) is 0 Å². The van der Waals surface area contributed by atoms with Crippen molar-refractivity contribution in [2.75, 3.05) is 18.0 Å². The first-order chi connectivity index (χ1) is 9.84. The maximum absolute atomic E-state index is 5.89. The minimum atomic E-state index is 0.230. The summed E-state index contributed by atoms with van der Waals surface area (Å²) < 4.78 is 5.89. The number of anilines is 1. The Bertz CT molecular complexity index is 503. The fourth-order valence-electron chi connectivity index (χ4n) is 3.40. The summed E-state index contributed by atoms with van der Waals surface area (Å²) in [7, 11) is 0. The molecule has 0 aromatic heterocycles. The lowest BCUT2D eigenvalue weighted by Crippen LogP contribution is -2.45. The molecule has 1 aliphatic heterocycles. The van der Waals surface area contributed by atoms with Gasteiger partial charge in [0.2, 0.25) is 0 Å². The van der Waals surface area contributed by atoms with Gasteiger partial charge in [0.05, 0.1) is 12.2 Å². The molecule has 0 bridgehead atoms. The third-order valence-corrected chi connectivity index (χ3v) is 4.67. The molecule has 2 heteroatoms. The minimum Gasteiger partial charge on any atom is -0.372 e. The Kier molecular flexibility index (Phi) is 3.77. The number of rotatable bonds is 2. The summed E-state index contributed by atoms with van der Waals surface area (Å²) in [6.45, 7) is 13.3. The summed E-state index contributed by atoms with van der Waals surface area (Å²) in [5.41, 5.74) is 4.71. The monoisotopic (exact) mass is 287 g/mol. The van der Waals surface area contributed by atoms with Crippen LogP contribution in [0.3, 0.4) is 0 Å². The van der Waals surface area contributed by atoms with E-state index < -0.39 is 0 Å². The Morgan fingerprint density at radius 3 is 2.19 bits per heavy atom. The minimum absolute atomic E-state index is 0.230. The van der Waals surface area contributed by atoms with Crippen molar-refractivity contribution in [3.05, 3.63) is 29.3 Å². The highest BCUT2D eigenvalue weighted by atomic mass is 16.5. The molecule has 0 radical (unpaired) electrons. The van der Waals surface area contributed by atoms with Crippen LogP contribution in [0.4, 0.5) is 5.69 Å². The molecule has 0 amide bonds. The predicted octanol–water partition coefficient (Wildman–Crippen LogP) is 4.48. The van der Waals surface area contributed by atoms with Crippen molar-refractivity contribution in [2.24, 2.45) is 0 Å². The second-order valence-electron chi connectivity index (χ2n) is 7.96. The van der Waals surface area contributed by atoms with Gasteiger partial charge in [-0.2, -0.15) is 0 Å². The second kappa shape index (κ2) is 5.31. The van der Waals surface area contributed by atoms with Gasteiger partial charge in [-0.1, -0.05) is 32.9 Å². The molecule has 1 aromatic rings. The molecule has 2 nitrogen and oxygen atoms in total. The summed E-state index contributed by atoms with van der Waals surface area (Å²) in [6.07, 6.45) is 3.36. The number of benzene rings is 1. The topological polar surface area (TPSA) is 12.5 Å². The fourth-order valence-corrected chi connectivity index (χ4v) is 3.40. The van der Waals surface area contributed by atoms with Crippen molar-refractivity contribution in [1.29, 1.82) is 0 Å². The average molecular weight is 287 g/mol. The Morgan fingerprint density at radius 2 is 1.67 bits per heavy atom.